The van der Waals surface area contributed by atoms with Crippen LogP contribution in [0.1, 0.15) is 22.3 Å². The molecule has 142 valence electrons. The third-order valence-corrected chi connectivity index (χ3v) is 4.13. The van der Waals surface area contributed by atoms with E-state index >= 15 is 0 Å². The van der Waals surface area contributed by atoms with Gasteiger partial charge in [-0.3, -0.25) is 4.79 Å². The second kappa shape index (κ2) is 6.66. The summed E-state index contributed by atoms with van der Waals surface area (Å²) < 4.78 is 58.7. The van der Waals surface area contributed by atoms with Crippen LogP contribution in [0.15, 0.2) is 53.6 Å². The van der Waals surface area contributed by atoms with Crippen LogP contribution in [0.2, 0.25) is 0 Å². The van der Waals surface area contributed by atoms with Crippen LogP contribution in [-0.2, 0) is 0 Å². The first kappa shape index (κ1) is 18.8. The van der Waals surface area contributed by atoms with Crippen molar-refractivity contribution in [3.8, 4) is 5.75 Å². The normalized spacial score (nSPS) is 19.8. The predicted octanol–water partition coefficient (Wildman–Crippen LogP) is 3.34. The van der Waals surface area contributed by atoms with Gasteiger partial charge in [0.05, 0.1) is 19.2 Å². The molecule has 9 heteroatoms. The first-order valence-electron chi connectivity index (χ1n) is 7.77. The monoisotopic (exact) mass is 382 g/mol. The number of halogens is 4. The van der Waals surface area contributed by atoms with Crippen molar-refractivity contribution in [3.63, 3.8) is 0 Å². The number of nitrogens with zero attached hydrogens (tertiary/aromatic N) is 2. The molecule has 5 nitrogen and oxygen atoms in total. The zero-order valence-electron chi connectivity index (χ0n) is 14.0. The van der Waals surface area contributed by atoms with Gasteiger partial charge in [-0.25, -0.2) is 4.39 Å². The van der Waals surface area contributed by atoms with Gasteiger partial charge in [-0.15, -0.1) is 0 Å². The number of alkyl halides is 3. The second-order valence-electron chi connectivity index (χ2n) is 5.89. The average Bonchev–Trinajstić information content (AvgIpc) is 3.00. The van der Waals surface area contributed by atoms with Crippen molar-refractivity contribution < 1.29 is 32.2 Å². The average molecular weight is 382 g/mol. The van der Waals surface area contributed by atoms with Crippen LogP contribution in [0.4, 0.5) is 17.6 Å². The zero-order chi connectivity index (χ0) is 19.8. The Morgan fingerprint density at radius 1 is 1.22 bits per heavy atom. The number of rotatable bonds is 3. The highest BCUT2D eigenvalue weighted by Crippen LogP contribution is 2.42. The molecule has 3 rings (SSSR count). The number of aliphatic hydroxyl groups is 1. The van der Waals surface area contributed by atoms with Crippen LogP contribution < -0.4 is 4.74 Å². The maximum absolute atomic E-state index is 13.6. The van der Waals surface area contributed by atoms with Crippen molar-refractivity contribution in [1.29, 1.82) is 0 Å². The molecular formula is C18H14F4N2O3. The standard InChI is InChI=1S/C18H14F4N2O3/c1-27-14-4-2-3-12(9-14)16(25)24-17(26,18(20,21)22)10-15(23-24)11-5-7-13(19)8-6-11/h2-9,26H,10H2,1H3. The van der Waals surface area contributed by atoms with Crippen molar-refractivity contribution in [3.05, 3.63) is 65.5 Å². The molecule has 1 aliphatic heterocycles. The molecule has 1 amide bonds. The number of hydrazone groups is 1. The number of ether oxygens (including phenoxy) is 1. The Morgan fingerprint density at radius 2 is 1.89 bits per heavy atom. The lowest BCUT2D eigenvalue weighted by molar-refractivity contribution is -0.297. The SMILES string of the molecule is COc1cccc(C(=O)N2N=C(c3ccc(F)cc3)CC2(O)C(F)(F)F)c1. The Hall–Kier alpha value is -2.94. The predicted molar refractivity (Wildman–Crippen MR) is 87.7 cm³/mol. The van der Waals surface area contributed by atoms with Crippen LogP contribution in [0.25, 0.3) is 0 Å². The lowest BCUT2D eigenvalue weighted by Gasteiger charge is -2.32. The van der Waals surface area contributed by atoms with E-state index in [0.717, 1.165) is 12.1 Å². The highest BCUT2D eigenvalue weighted by Gasteiger charge is 2.63. The summed E-state index contributed by atoms with van der Waals surface area (Å²) in [5, 5.41) is 14.0. The van der Waals surface area contributed by atoms with Crippen LogP contribution in [0.3, 0.4) is 0 Å². The smallest absolute Gasteiger partial charge is 0.438 e. The summed E-state index contributed by atoms with van der Waals surface area (Å²) in [6, 6.07) is 10.0. The molecule has 0 bridgehead atoms. The zero-order valence-corrected chi connectivity index (χ0v) is 14.0. The molecule has 0 saturated carbocycles. The molecule has 0 aromatic heterocycles. The minimum absolute atomic E-state index is 0.0143. The van der Waals surface area contributed by atoms with E-state index in [1.165, 1.54) is 43.5 Å². The minimum atomic E-state index is -5.16. The van der Waals surface area contributed by atoms with E-state index in [4.69, 9.17) is 4.74 Å². The van der Waals surface area contributed by atoms with E-state index in [2.05, 4.69) is 5.10 Å². The Labute approximate surface area is 151 Å². The highest BCUT2D eigenvalue weighted by molar-refractivity contribution is 6.05. The van der Waals surface area contributed by atoms with Gasteiger partial charge in [-0.2, -0.15) is 23.3 Å². The fourth-order valence-corrected chi connectivity index (χ4v) is 2.66. The lowest BCUT2D eigenvalue weighted by atomic mass is 10.0. The van der Waals surface area contributed by atoms with Gasteiger partial charge in [0.2, 0.25) is 0 Å². The molecular weight excluding hydrogens is 368 g/mol. The third-order valence-electron chi connectivity index (χ3n) is 4.13. The summed E-state index contributed by atoms with van der Waals surface area (Å²) in [6.07, 6.45) is -6.13. The Balaban J connectivity index is 2.04. The molecule has 0 radical (unpaired) electrons. The lowest BCUT2D eigenvalue weighted by Crippen LogP contribution is -2.56. The molecule has 0 spiro atoms. The van der Waals surface area contributed by atoms with E-state index in [9.17, 15) is 27.5 Å². The van der Waals surface area contributed by atoms with E-state index in [1.54, 1.807) is 0 Å². The van der Waals surface area contributed by atoms with Gasteiger partial charge in [-0.05, 0) is 35.9 Å². The van der Waals surface area contributed by atoms with Gasteiger partial charge in [-0.1, -0.05) is 18.2 Å². The topological polar surface area (TPSA) is 62.1 Å². The number of methoxy groups -OCH3 is 1. The first-order valence-corrected chi connectivity index (χ1v) is 7.77. The molecule has 0 aliphatic carbocycles. The third kappa shape index (κ3) is 3.37. The summed E-state index contributed by atoms with van der Waals surface area (Å²) >= 11 is 0. The largest absolute Gasteiger partial charge is 0.497 e. The Kier molecular flexibility index (Phi) is 4.64. The van der Waals surface area contributed by atoms with E-state index < -0.39 is 30.0 Å². The van der Waals surface area contributed by atoms with Gasteiger partial charge in [0.15, 0.2) is 0 Å². The van der Waals surface area contributed by atoms with Gasteiger partial charge < -0.3 is 9.84 Å². The Morgan fingerprint density at radius 3 is 2.48 bits per heavy atom. The number of carbonyl (C=O) groups is 1. The molecule has 1 atom stereocenters. The number of hydrogen-bond donors (Lipinski definition) is 1. The molecule has 1 N–H and O–H groups in total. The van der Waals surface area contributed by atoms with E-state index in [-0.39, 0.29) is 27.6 Å². The maximum Gasteiger partial charge on any atom is 0.438 e. The van der Waals surface area contributed by atoms with E-state index in [0.29, 0.717) is 0 Å². The number of benzene rings is 2. The molecule has 1 aliphatic rings. The van der Waals surface area contributed by atoms with Crippen LogP contribution in [0.5, 0.6) is 5.75 Å². The minimum Gasteiger partial charge on any atom is -0.497 e. The van der Waals surface area contributed by atoms with Gasteiger partial charge in [0.1, 0.15) is 11.6 Å². The fourth-order valence-electron chi connectivity index (χ4n) is 2.66. The van der Waals surface area contributed by atoms with Crippen molar-refractivity contribution in [2.75, 3.05) is 7.11 Å². The summed E-state index contributed by atoms with van der Waals surface area (Å²) in [6.45, 7) is 0. The van der Waals surface area contributed by atoms with E-state index in [1.807, 2.05) is 0 Å². The first-order chi connectivity index (χ1) is 12.7. The van der Waals surface area contributed by atoms with Gasteiger partial charge in [0, 0.05) is 5.56 Å². The number of hydrogen-bond acceptors (Lipinski definition) is 4. The molecule has 0 saturated heterocycles. The summed E-state index contributed by atoms with van der Waals surface area (Å²) in [7, 11) is 1.34. The summed E-state index contributed by atoms with van der Waals surface area (Å²) in [5.41, 5.74) is -3.68. The van der Waals surface area contributed by atoms with Crippen LogP contribution in [0, 0.1) is 5.82 Å². The molecule has 1 heterocycles. The summed E-state index contributed by atoms with van der Waals surface area (Å²) in [4.78, 5) is 12.7. The fraction of sp³-hybridized carbons (Fsp3) is 0.222. The van der Waals surface area contributed by atoms with Crippen molar-refractivity contribution in [1.82, 2.24) is 5.01 Å². The second-order valence-corrected chi connectivity index (χ2v) is 5.89. The van der Waals surface area contributed by atoms with Gasteiger partial charge >= 0.3 is 6.18 Å². The van der Waals surface area contributed by atoms with Crippen molar-refractivity contribution in [2.24, 2.45) is 5.10 Å². The summed E-state index contributed by atoms with van der Waals surface area (Å²) in [5.74, 6) is -1.46. The number of amides is 1. The molecule has 0 fully saturated rings. The molecule has 27 heavy (non-hydrogen) atoms. The maximum atomic E-state index is 13.6. The molecule has 1 unspecified atom stereocenters. The molecule has 2 aromatic rings. The van der Waals surface area contributed by atoms with Gasteiger partial charge in [0.25, 0.3) is 11.6 Å². The molecule has 2 aromatic carbocycles. The highest BCUT2D eigenvalue weighted by atomic mass is 19.4. The van der Waals surface area contributed by atoms with Crippen molar-refractivity contribution >= 4 is 11.6 Å². The van der Waals surface area contributed by atoms with Crippen LogP contribution in [-0.4, -0.2) is 40.7 Å². The van der Waals surface area contributed by atoms with Crippen LogP contribution >= 0.6 is 0 Å². The van der Waals surface area contributed by atoms with Crippen molar-refractivity contribution in [2.45, 2.75) is 18.3 Å². The number of carbonyl (C=O) groups excluding carboxylic acids is 1. The quantitative estimate of drug-likeness (QED) is 0.829. The Bertz CT molecular complexity index is 896.